The Labute approximate surface area is 131 Å². The maximum absolute atomic E-state index is 5.45. The molecule has 0 saturated heterocycles. The lowest BCUT2D eigenvalue weighted by Crippen LogP contribution is -1.89. The Morgan fingerprint density at radius 1 is 1.23 bits per heavy atom. The van der Waals surface area contributed by atoms with Crippen LogP contribution in [0.5, 0.6) is 0 Å². The van der Waals surface area contributed by atoms with Crippen molar-refractivity contribution in [2.24, 2.45) is 7.05 Å². The van der Waals surface area contributed by atoms with Gasteiger partial charge in [-0.1, -0.05) is 17.3 Å². The molecule has 0 aliphatic rings. The van der Waals surface area contributed by atoms with Crippen LogP contribution in [0.3, 0.4) is 0 Å². The first-order valence-electron chi connectivity index (χ1n) is 6.94. The van der Waals surface area contributed by atoms with E-state index >= 15 is 0 Å². The van der Waals surface area contributed by atoms with Crippen molar-refractivity contribution in [1.82, 2.24) is 19.9 Å². The number of hydrogen-bond acceptors (Lipinski definition) is 5. The van der Waals surface area contributed by atoms with Gasteiger partial charge in [-0.25, -0.2) is 0 Å². The molecule has 0 saturated carbocycles. The molecule has 0 unspecified atom stereocenters. The van der Waals surface area contributed by atoms with Crippen LogP contribution in [0, 0.1) is 13.8 Å². The zero-order valence-electron chi connectivity index (χ0n) is 12.5. The summed E-state index contributed by atoms with van der Waals surface area (Å²) in [5.74, 6) is 1.17. The largest absolute Gasteiger partial charge is 0.334 e. The van der Waals surface area contributed by atoms with E-state index in [0.717, 1.165) is 22.0 Å². The Balaban J connectivity index is 1.79. The van der Waals surface area contributed by atoms with E-state index in [2.05, 4.69) is 34.5 Å². The molecule has 3 heterocycles. The highest BCUT2D eigenvalue weighted by Gasteiger charge is 2.15. The molecule has 0 fully saturated rings. The molecule has 0 amide bonds. The van der Waals surface area contributed by atoms with Gasteiger partial charge in [0.1, 0.15) is 0 Å². The molecule has 6 heteroatoms. The average Bonchev–Trinajstić information content (AvgIpc) is 3.21. The highest BCUT2D eigenvalue weighted by molar-refractivity contribution is 7.10. The lowest BCUT2D eigenvalue weighted by atomic mass is 10.1. The van der Waals surface area contributed by atoms with Gasteiger partial charge in [-0.2, -0.15) is 10.1 Å². The Morgan fingerprint density at radius 2 is 2.09 bits per heavy atom. The summed E-state index contributed by atoms with van der Waals surface area (Å²) in [5, 5.41) is 11.5. The highest BCUT2D eigenvalue weighted by Crippen LogP contribution is 2.31. The number of benzene rings is 1. The van der Waals surface area contributed by atoms with Gasteiger partial charge in [-0.3, -0.25) is 4.68 Å². The number of hydrogen-bond donors (Lipinski definition) is 0. The van der Waals surface area contributed by atoms with Crippen molar-refractivity contribution in [1.29, 1.82) is 0 Å². The van der Waals surface area contributed by atoms with Gasteiger partial charge in [0.2, 0.25) is 5.82 Å². The number of aromatic nitrogens is 4. The molecule has 110 valence electrons. The Kier molecular flexibility index (Phi) is 2.87. The lowest BCUT2D eigenvalue weighted by Gasteiger charge is -1.97. The van der Waals surface area contributed by atoms with E-state index < -0.39 is 0 Å². The minimum absolute atomic E-state index is 0.571. The van der Waals surface area contributed by atoms with Crippen LogP contribution in [0.1, 0.15) is 10.4 Å². The Hall–Kier alpha value is -2.47. The molecule has 0 atom stereocenters. The van der Waals surface area contributed by atoms with Crippen LogP contribution in [0.4, 0.5) is 0 Å². The normalized spacial score (nSPS) is 11.4. The molecule has 0 aliphatic heterocycles. The van der Waals surface area contributed by atoms with Crippen LogP contribution in [-0.2, 0) is 7.05 Å². The van der Waals surface area contributed by atoms with E-state index in [-0.39, 0.29) is 0 Å². The van der Waals surface area contributed by atoms with Crippen LogP contribution in [0.2, 0.25) is 0 Å². The van der Waals surface area contributed by atoms with Crippen molar-refractivity contribution in [3.63, 3.8) is 0 Å². The summed E-state index contributed by atoms with van der Waals surface area (Å²) < 4.78 is 7.29. The fraction of sp³-hybridized carbons (Fsp3) is 0.188. The van der Waals surface area contributed by atoms with E-state index in [4.69, 9.17) is 4.52 Å². The van der Waals surface area contributed by atoms with Gasteiger partial charge in [0.25, 0.3) is 5.89 Å². The van der Waals surface area contributed by atoms with Gasteiger partial charge in [-0.05, 0) is 25.5 Å². The van der Waals surface area contributed by atoms with E-state index in [0.29, 0.717) is 11.7 Å². The van der Waals surface area contributed by atoms with Gasteiger partial charge in [0.15, 0.2) is 0 Å². The molecule has 1 aromatic carbocycles. The molecule has 0 aliphatic carbocycles. The molecule has 0 spiro atoms. The predicted octanol–water partition coefficient (Wildman–Crippen LogP) is 3.97. The second kappa shape index (κ2) is 4.78. The maximum atomic E-state index is 5.45. The molecule has 4 aromatic rings. The summed E-state index contributed by atoms with van der Waals surface area (Å²) in [5.41, 5.74) is 4.19. The second-order valence-corrected chi connectivity index (χ2v) is 6.38. The minimum atomic E-state index is 0.571. The summed E-state index contributed by atoms with van der Waals surface area (Å²) in [6, 6.07) is 6.04. The molecule has 22 heavy (non-hydrogen) atoms. The van der Waals surface area contributed by atoms with Gasteiger partial charge in [0.05, 0.1) is 17.3 Å². The standard InChI is InChI=1S/C16H14N4OS/c1-9-10(2)22-8-13(9)16-18-15(19-21-16)11-4-5-12-7-17-20(3)14(12)6-11/h4-8H,1-3H3. The number of aryl methyl sites for hydroxylation is 2. The smallest absolute Gasteiger partial charge is 0.259 e. The number of thiophene rings is 1. The SMILES string of the molecule is Cc1scc(-c2nc(-c3ccc4cnn(C)c4c3)no2)c1C. The summed E-state index contributed by atoms with van der Waals surface area (Å²) in [7, 11) is 1.92. The first-order chi connectivity index (χ1) is 10.6. The molecule has 0 N–H and O–H groups in total. The third kappa shape index (κ3) is 1.95. The van der Waals surface area contributed by atoms with Crippen LogP contribution >= 0.6 is 11.3 Å². The van der Waals surface area contributed by atoms with Crippen molar-refractivity contribution >= 4 is 22.2 Å². The Morgan fingerprint density at radius 3 is 2.86 bits per heavy atom. The van der Waals surface area contributed by atoms with E-state index in [9.17, 15) is 0 Å². The molecule has 0 radical (unpaired) electrons. The molecule has 0 bridgehead atoms. The van der Waals surface area contributed by atoms with Gasteiger partial charge in [0, 0.05) is 28.3 Å². The zero-order chi connectivity index (χ0) is 15.3. The molecular formula is C16H14N4OS. The van der Waals surface area contributed by atoms with Crippen molar-refractivity contribution in [3.8, 4) is 22.8 Å². The predicted molar refractivity (Wildman–Crippen MR) is 86.8 cm³/mol. The molecule has 5 nitrogen and oxygen atoms in total. The van der Waals surface area contributed by atoms with E-state index in [1.165, 1.54) is 10.4 Å². The van der Waals surface area contributed by atoms with Crippen molar-refractivity contribution < 1.29 is 4.52 Å². The summed E-state index contributed by atoms with van der Waals surface area (Å²) >= 11 is 1.70. The molecule has 3 aromatic heterocycles. The van der Waals surface area contributed by atoms with Gasteiger partial charge in [-0.15, -0.1) is 11.3 Å². The van der Waals surface area contributed by atoms with E-state index in [1.54, 1.807) is 11.3 Å². The molecule has 4 rings (SSSR count). The molecular weight excluding hydrogens is 296 g/mol. The van der Waals surface area contributed by atoms with Gasteiger partial charge < -0.3 is 4.52 Å². The van der Waals surface area contributed by atoms with Crippen LogP contribution < -0.4 is 0 Å². The van der Waals surface area contributed by atoms with Gasteiger partial charge >= 0.3 is 0 Å². The minimum Gasteiger partial charge on any atom is -0.334 e. The zero-order valence-corrected chi connectivity index (χ0v) is 13.3. The first kappa shape index (κ1) is 13.2. The highest BCUT2D eigenvalue weighted by atomic mass is 32.1. The monoisotopic (exact) mass is 310 g/mol. The maximum Gasteiger partial charge on any atom is 0.259 e. The van der Waals surface area contributed by atoms with Crippen LogP contribution in [0.25, 0.3) is 33.7 Å². The van der Waals surface area contributed by atoms with E-state index in [1.807, 2.05) is 36.1 Å². The third-order valence-corrected chi connectivity index (χ3v) is 4.96. The number of rotatable bonds is 2. The fourth-order valence-corrected chi connectivity index (χ4v) is 3.32. The topological polar surface area (TPSA) is 56.7 Å². The first-order valence-corrected chi connectivity index (χ1v) is 7.82. The van der Waals surface area contributed by atoms with Crippen molar-refractivity contribution in [3.05, 3.63) is 40.2 Å². The number of nitrogens with zero attached hydrogens (tertiary/aromatic N) is 4. The average molecular weight is 310 g/mol. The lowest BCUT2D eigenvalue weighted by molar-refractivity contribution is 0.432. The number of fused-ring (bicyclic) bond motifs is 1. The second-order valence-electron chi connectivity index (χ2n) is 5.30. The van der Waals surface area contributed by atoms with Crippen molar-refractivity contribution in [2.75, 3.05) is 0 Å². The van der Waals surface area contributed by atoms with Crippen molar-refractivity contribution in [2.45, 2.75) is 13.8 Å². The van der Waals surface area contributed by atoms with Crippen LogP contribution in [-0.4, -0.2) is 19.9 Å². The summed E-state index contributed by atoms with van der Waals surface area (Å²) in [6.07, 6.45) is 1.85. The third-order valence-electron chi connectivity index (χ3n) is 3.95. The summed E-state index contributed by atoms with van der Waals surface area (Å²) in [6.45, 7) is 4.17. The van der Waals surface area contributed by atoms with Crippen LogP contribution in [0.15, 0.2) is 34.3 Å². The quantitative estimate of drug-likeness (QED) is 0.562. The fourth-order valence-electron chi connectivity index (χ4n) is 2.46. The summed E-state index contributed by atoms with van der Waals surface area (Å²) in [4.78, 5) is 5.81. The Bertz CT molecular complexity index is 979.